The van der Waals surface area contributed by atoms with E-state index in [1.54, 1.807) is 6.07 Å². The van der Waals surface area contributed by atoms with Crippen LogP contribution < -0.4 is 0 Å². The Morgan fingerprint density at radius 2 is 1.96 bits per heavy atom. The number of carbonyl (C=O) groups is 2. The van der Waals surface area contributed by atoms with Gasteiger partial charge in [-0.1, -0.05) is 18.2 Å². The van der Waals surface area contributed by atoms with Crippen LogP contribution in [0.5, 0.6) is 0 Å². The molecule has 0 bridgehead atoms. The lowest BCUT2D eigenvalue weighted by atomic mass is 9.92. The first-order valence-corrected chi connectivity index (χ1v) is 7.44. The summed E-state index contributed by atoms with van der Waals surface area (Å²) in [5.74, 6) is -1.78. The normalized spacial score (nSPS) is 22.9. The lowest BCUT2D eigenvalue weighted by Crippen LogP contribution is -2.38. The second-order valence-electron chi connectivity index (χ2n) is 6.24. The van der Waals surface area contributed by atoms with Crippen LogP contribution in [-0.4, -0.2) is 35.0 Å². The van der Waals surface area contributed by atoms with Gasteiger partial charge in [0.1, 0.15) is 0 Å². The molecule has 2 fully saturated rings. The van der Waals surface area contributed by atoms with E-state index in [-0.39, 0.29) is 12.5 Å². The number of rotatable bonds is 3. The van der Waals surface area contributed by atoms with E-state index in [1.807, 2.05) is 0 Å². The molecule has 1 heterocycles. The van der Waals surface area contributed by atoms with Gasteiger partial charge in [0.05, 0.1) is 16.9 Å². The van der Waals surface area contributed by atoms with Crippen molar-refractivity contribution in [2.75, 3.05) is 13.1 Å². The summed E-state index contributed by atoms with van der Waals surface area (Å²) in [7, 11) is 0. The first-order chi connectivity index (χ1) is 10.7. The second-order valence-corrected chi connectivity index (χ2v) is 6.24. The number of alkyl halides is 3. The molecule has 0 spiro atoms. The molecule has 1 saturated heterocycles. The summed E-state index contributed by atoms with van der Waals surface area (Å²) in [4.78, 5) is 25.2. The lowest BCUT2D eigenvalue weighted by Gasteiger charge is -2.24. The fourth-order valence-corrected chi connectivity index (χ4v) is 3.19. The molecule has 0 unspecified atom stereocenters. The Morgan fingerprint density at radius 3 is 2.48 bits per heavy atom. The third-order valence-electron chi connectivity index (χ3n) is 4.73. The minimum atomic E-state index is -4.45. The van der Waals surface area contributed by atoms with Crippen LogP contribution in [0.3, 0.4) is 0 Å². The maximum atomic E-state index is 12.9. The second kappa shape index (κ2) is 5.25. The van der Waals surface area contributed by atoms with E-state index in [9.17, 15) is 22.8 Å². The number of likely N-dealkylation sites (tertiary alicyclic amines) is 1. The van der Waals surface area contributed by atoms with Gasteiger partial charge in [0.15, 0.2) is 0 Å². The summed E-state index contributed by atoms with van der Waals surface area (Å²) < 4.78 is 38.6. The molecule has 4 nitrogen and oxygen atoms in total. The van der Waals surface area contributed by atoms with Crippen LogP contribution in [0.25, 0.3) is 0 Å². The Labute approximate surface area is 130 Å². The SMILES string of the molecule is O=C(O)[C@H]1CCN(C(=O)C2(c3cccc(C(F)(F)F)c3)CC2)C1. The lowest BCUT2D eigenvalue weighted by molar-refractivity contribution is -0.142. The van der Waals surface area contributed by atoms with Crippen molar-refractivity contribution in [3.8, 4) is 0 Å². The summed E-state index contributed by atoms with van der Waals surface area (Å²) in [6, 6.07) is 4.89. The smallest absolute Gasteiger partial charge is 0.416 e. The van der Waals surface area contributed by atoms with E-state index < -0.39 is 29.0 Å². The summed E-state index contributed by atoms with van der Waals surface area (Å²) in [5, 5.41) is 9.01. The molecule has 1 saturated carbocycles. The Hall–Kier alpha value is -2.05. The molecule has 1 atom stereocenters. The topological polar surface area (TPSA) is 57.6 Å². The van der Waals surface area contributed by atoms with Crippen molar-refractivity contribution in [2.45, 2.75) is 30.9 Å². The van der Waals surface area contributed by atoms with Gasteiger partial charge in [-0.25, -0.2) is 0 Å². The standard InChI is InChI=1S/C16H16F3NO3/c17-16(18,19)12-3-1-2-11(8-12)15(5-6-15)14(23)20-7-4-10(9-20)13(21)22/h1-3,8,10H,4-7,9H2,(H,21,22)/t10-/m0/s1. The Morgan fingerprint density at radius 1 is 1.26 bits per heavy atom. The van der Waals surface area contributed by atoms with Crippen molar-refractivity contribution in [2.24, 2.45) is 5.92 Å². The van der Waals surface area contributed by atoms with Gasteiger partial charge in [0, 0.05) is 13.1 Å². The van der Waals surface area contributed by atoms with E-state index in [0.29, 0.717) is 31.4 Å². The zero-order valence-corrected chi connectivity index (χ0v) is 12.3. The van der Waals surface area contributed by atoms with Crippen molar-refractivity contribution >= 4 is 11.9 Å². The van der Waals surface area contributed by atoms with Crippen LogP contribution in [-0.2, 0) is 21.2 Å². The van der Waals surface area contributed by atoms with Gasteiger partial charge in [-0.05, 0) is 30.9 Å². The molecular formula is C16H16F3NO3. The highest BCUT2D eigenvalue weighted by atomic mass is 19.4. The Bertz CT molecular complexity index is 652. The van der Waals surface area contributed by atoms with E-state index >= 15 is 0 Å². The molecule has 1 N–H and O–H groups in total. The summed E-state index contributed by atoms with van der Waals surface area (Å²) in [6.45, 7) is 0.478. The maximum Gasteiger partial charge on any atom is 0.416 e. The number of hydrogen-bond donors (Lipinski definition) is 1. The van der Waals surface area contributed by atoms with Crippen LogP contribution in [0.15, 0.2) is 24.3 Å². The van der Waals surface area contributed by atoms with E-state index in [4.69, 9.17) is 5.11 Å². The number of carbonyl (C=O) groups excluding carboxylic acids is 1. The Kier molecular flexibility index (Phi) is 3.61. The van der Waals surface area contributed by atoms with Gasteiger partial charge < -0.3 is 10.0 Å². The average Bonchev–Trinajstić information content (AvgIpc) is 3.15. The van der Waals surface area contributed by atoms with Gasteiger partial charge in [-0.2, -0.15) is 13.2 Å². The first kappa shape index (κ1) is 15.8. The number of amides is 1. The van der Waals surface area contributed by atoms with Crippen LogP contribution >= 0.6 is 0 Å². The molecule has 3 rings (SSSR count). The summed E-state index contributed by atoms with van der Waals surface area (Å²) in [5.41, 5.74) is -1.30. The van der Waals surface area contributed by atoms with Crippen molar-refractivity contribution in [1.29, 1.82) is 0 Å². The Balaban J connectivity index is 1.83. The van der Waals surface area contributed by atoms with Gasteiger partial charge in [0.25, 0.3) is 0 Å². The summed E-state index contributed by atoms with van der Waals surface area (Å²) >= 11 is 0. The van der Waals surface area contributed by atoms with Crippen LogP contribution in [0, 0.1) is 5.92 Å². The number of carboxylic acids is 1. The first-order valence-electron chi connectivity index (χ1n) is 7.44. The largest absolute Gasteiger partial charge is 0.481 e. The van der Waals surface area contributed by atoms with Crippen LogP contribution in [0.1, 0.15) is 30.4 Å². The molecule has 1 aliphatic heterocycles. The molecule has 0 aromatic heterocycles. The van der Waals surface area contributed by atoms with Crippen molar-refractivity contribution in [1.82, 2.24) is 4.90 Å². The van der Waals surface area contributed by atoms with Gasteiger partial charge >= 0.3 is 12.1 Å². The van der Waals surface area contributed by atoms with E-state index in [0.717, 1.165) is 12.1 Å². The monoisotopic (exact) mass is 327 g/mol. The predicted molar refractivity (Wildman–Crippen MR) is 74.7 cm³/mol. The zero-order chi connectivity index (χ0) is 16.8. The minimum Gasteiger partial charge on any atom is -0.481 e. The fraction of sp³-hybridized carbons (Fsp3) is 0.500. The number of carboxylic acid groups (broad SMARTS) is 1. The molecule has 124 valence electrons. The van der Waals surface area contributed by atoms with E-state index in [2.05, 4.69) is 0 Å². The highest BCUT2D eigenvalue weighted by molar-refractivity contribution is 5.92. The molecule has 7 heteroatoms. The highest BCUT2D eigenvalue weighted by Crippen LogP contribution is 2.51. The summed E-state index contributed by atoms with van der Waals surface area (Å²) in [6.07, 6.45) is -3.06. The number of benzene rings is 1. The predicted octanol–water partition coefficient (Wildman–Crippen LogP) is 2.67. The third kappa shape index (κ3) is 2.80. The van der Waals surface area contributed by atoms with Crippen molar-refractivity contribution in [3.63, 3.8) is 0 Å². The van der Waals surface area contributed by atoms with Gasteiger partial charge in [-0.3, -0.25) is 9.59 Å². The maximum absolute atomic E-state index is 12.9. The molecule has 1 aliphatic carbocycles. The number of nitrogens with zero attached hydrogens (tertiary/aromatic N) is 1. The van der Waals surface area contributed by atoms with Crippen LogP contribution in [0.2, 0.25) is 0 Å². The highest BCUT2D eigenvalue weighted by Gasteiger charge is 2.54. The molecule has 1 aromatic rings. The molecule has 0 radical (unpaired) electrons. The molecule has 23 heavy (non-hydrogen) atoms. The zero-order valence-electron chi connectivity index (χ0n) is 12.3. The number of halogens is 3. The molecular weight excluding hydrogens is 311 g/mol. The van der Waals surface area contributed by atoms with Crippen molar-refractivity contribution < 1.29 is 27.9 Å². The quantitative estimate of drug-likeness (QED) is 0.928. The van der Waals surface area contributed by atoms with Crippen molar-refractivity contribution in [3.05, 3.63) is 35.4 Å². The molecule has 2 aliphatic rings. The minimum absolute atomic E-state index is 0.134. The van der Waals surface area contributed by atoms with Gasteiger partial charge in [0.2, 0.25) is 5.91 Å². The third-order valence-corrected chi connectivity index (χ3v) is 4.73. The molecule has 1 amide bonds. The number of hydrogen-bond acceptors (Lipinski definition) is 2. The van der Waals surface area contributed by atoms with Crippen LogP contribution in [0.4, 0.5) is 13.2 Å². The number of aliphatic carboxylic acids is 1. The average molecular weight is 327 g/mol. The van der Waals surface area contributed by atoms with E-state index in [1.165, 1.54) is 11.0 Å². The molecule has 1 aromatic carbocycles. The fourth-order valence-electron chi connectivity index (χ4n) is 3.19. The van der Waals surface area contributed by atoms with Gasteiger partial charge in [-0.15, -0.1) is 0 Å².